The summed E-state index contributed by atoms with van der Waals surface area (Å²) in [6.07, 6.45) is 3.85. The van der Waals surface area contributed by atoms with Gasteiger partial charge >= 0.3 is 0 Å². The second kappa shape index (κ2) is 5.35. The Hall–Kier alpha value is -0.570. The van der Waals surface area contributed by atoms with Gasteiger partial charge in [-0.2, -0.15) is 0 Å². The highest BCUT2D eigenvalue weighted by Gasteiger charge is 2.29. The van der Waals surface area contributed by atoms with E-state index in [0.29, 0.717) is 12.5 Å². The van der Waals surface area contributed by atoms with Crippen molar-refractivity contribution in [1.29, 1.82) is 0 Å². The van der Waals surface area contributed by atoms with Crippen LogP contribution in [-0.4, -0.2) is 23.7 Å². The highest BCUT2D eigenvalue weighted by Crippen LogP contribution is 2.32. The molecule has 0 heterocycles. The van der Waals surface area contributed by atoms with E-state index >= 15 is 0 Å². The van der Waals surface area contributed by atoms with Crippen molar-refractivity contribution in [2.24, 2.45) is 11.8 Å². The quantitative estimate of drug-likeness (QED) is 0.677. The maximum atomic E-state index is 11.5. The smallest absolute Gasteiger partial charge is 0.222 e. The Balaban J connectivity index is 2.12. The van der Waals surface area contributed by atoms with Gasteiger partial charge in [-0.15, -0.1) is 0 Å². The van der Waals surface area contributed by atoms with Crippen molar-refractivity contribution in [2.75, 3.05) is 6.54 Å². The molecule has 0 bridgehead atoms. The molecule has 14 heavy (non-hydrogen) atoms. The molecule has 2 atom stereocenters. The standard InChI is InChI=1S/C11H21NO2/c1-3-4-8(2)11(14)12-7-10(13)9-5-6-9/h8-10,13H,3-7H2,1-2H3,(H,12,14). The van der Waals surface area contributed by atoms with E-state index in [-0.39, 0.29) is 17.9 Å². The average Bonchev–Trinajstić information content (AvgIpc) is 2.97. The van der Waals surface area contributed by atoms with Gasteiger partial charge in [0.2, 0.25) is 5.91 Å². The molecule has 3 heteroatoms. The van der Waals surface area contributed by atoms with E-state index in [0.717, 1.165) is 25.7 Å². The SMILES string of the molecule is CCCC(C)C(=O)NCC(O)C1CC1. The van der Waals surface area contributed by atoms with Crippen LogP contribution in [-0.2, 0) is 4.79 Å². The van der Waals surface area contributed by atoms with Crippen LogP contribution >= 0.6 is 0 Å². The largest absolute Gasteiger partial charge is 0.391 e. The first-order valence-electron chi connectivity index (χ1n) is 5.61. The Morgan fingerprint density at radius 2 is 2.21 bits per heavy atom. The minimum Gasteiger partial charge on any atom is -0.391 e. The summed E-state index contributed by atoms with van der Waals surface area (Å²) >= 11 is 0. The summed E-state index contributed by atoms with van der Waals surface area (Å²) in [6.45, 7) is 4.43. The molecule has 3 nitrogen and oxygen atoms in total. The zero-order valence-corrected chi connectivity index (χ0v) is 9.12. The van der Waals surface area contributed by atoms with Crippen molar-refractivity contribution in [1.82, 2.24) is 5.32 Å². The topological polar surface area (TPSA) is 49.3 Å². The number of hydrogen-bond acceptors (Lipinski definition) is 2. The van der Waals surface area contributed by atoms with Gasteiger partial charge in [0, 0.05) is 12.5 Å². The van der Waals surface area contributed by atoms with Crippen LogP contribution < -0.4 is 5.32 Å². The third-order valence-electron chi connectivity index (χ3n) is 2.82. The lowest BCUT2D eigenvalue weighted by molar-refractivity contribution is -0.125. The van der Waals surface area contributed by atoms with Crippen LogP contribution in [0.25, 0.3) is 0 Å². The van der Waals surface area contributed by atoms with Gasteiger partial charge in [-0.05, 0) is 25.2 Å². The number of amides is 1. The number of hydrogen-bond donors (Lipinski definition) is 2. The summed E-state index contributed by atoms with van der Waals surface area (Å²) in [5.41, 5.74) is 0. The predicted molar refractivity (Wildman–Crippen MR) is 55.8 cm³/mol. The molecule has 0 aromatic carbocycles. The molecule has 2 N–H and O–H groups in total. The first-order chi connectivity index (χ1) is 6.65. The highest BCUT2D eigenvalue weighted by atomic mass is 16.3. The number of carbonyl (C=O) groups excluding carboxylic acids is 1. The van der Waals surface area contributed by atoms with Crippen LogP contribution in [0.15, 0.2) is 0 Å². The fourth-order valence-electron chi connectivity index (χ4n) is 1.59. The molecular formula is C11H21NO2. The fraction of sp³-hybridized carbons (Fsp3) is 0.909. The predicted octanol–water partition coefficient (Wildman–Crippen LogP) is 1.31. The zero-order valence-electron chi connectivity index (χ0n) is 9.12. The summed E-state index contributed by atoms with van der Waals surface area (Å²) in [6, 6.07) is 0. The van der Waals surface area contributed by atoms with Crippen molar-refractivity contribution in [3.05, 3.63) is 0 Å². The summed E-state index contributed by atoms with van der Waals surface area (Å²) in [4.78, 5) is 11.5. The average molecular weight is 199 g/mol. The molecular weight excluding hydrogens is 178 g/mol. The third-order valence-corrected chi connectivity index (χ3v) is 2.82. The molecule has 0 aromatic heterocycles. The van der Waals surface area contributed by atoms with Crippen LogP contribution in [0.2, 0.25) is 0 Å². The Kier molecular flexibility index (Phi) is 4.39. The number of rotatable bonds is 6. The molecule has 1 rings (SSSR count). The van der Waals surface area contributed by atoms with Gasteiger partial charge in [-0.1, -0.05) is 20.3 Å². The molecule has 0 radical (unpaired) electrons. The first-order valence-corrected chi connectivity index (χ1v) is 5.61. The molecule has 1 aliphatic carbocycles. The second-order valence-corrected chi connectivity index (χ2v) is 4.34. The highest BCUT2D eigenvalue weighted by molar-refractivity contribution is 5.78. The van der Waals surface area contributed by atoms with Crippen LogP contribution in [0, 0.1) is 11.8 Å². The molecule has 1 saturated carbocycles. The summed E-state index contributed by atoms with van der Waals surface area (Å²) in [5.74, 6) is 0.592. The Morgan fingerprint density at radius 3 is 2.71 bits per heavy atom. The maximum Gasteiger partial charge on any atom is 0.222 e. The number of carbonyl (C=O) groups is 1. The van der Waals surface area contributed by atoms with Gasteiger partial charge in [-0.3, -0.25) is 4.79 Å². The van der Waals surface area contributed by atoms with Gasteiger partial charge in [-0.25, -0.2) is 0 Å². The van der Waals surface area contributed by atoms with E-state index in [1.54, 1.807) is 0 Å². The zero-order chi connectivity index (χ0) is 10.6. The third kappa shape index (κ3) is 3.66. The number of aliphatic hydroxyl groups excluding tert-OH is 1. The molecule has 0 aliphatic heterocycles. The van der Waals surface area contributed by atoms with Crippen LogP contribution in [0.3, 0.4) is 0 Å². The molecule has 1 aliphatic rings. The summed E-state index contributed by atoms with van der Waals surface area (Å²) < 4.78 is 0. The molecule has 1 amide bonds. The lowest BCUT2D eigenvalue weighted by Crippen LogP contribution is -2.36. The minimum absolute atomic E-state index is 0.0754. The maximum absolute atomic E-state index is 11.5. The van der Waals surface area contributed by atoms with Gasteiger partial charge in [0.05, 0.1) is 6.10 Å². The normalized spacial score (nSPS) is 20.2. The van der Waals surface area contributed by atoms with Gasteiger partial charge in [0.25, 0.3) is 0 Å². The molecule has 82 valence electrons. The van der Waals surface area contributed by atoms with Crippen molar-refractivity contribution in [3.8, 4) is 0 Å². The lowest BCUT2D eigenvalue weighted by atomic mass is 10.1. The second-order valence-electron chi connectivity index (χ2n) is 4.34. The first kappa shape index (κ1) is 11.5. The van der Waals surface area contributed by atoms with E-state index in [2.05, 4.69) is 12.2 Å². The molecule has 0 aromatic rings. The molecule has 1 fully saturated rings. The van der Waals surface area contributed by atoms with E-state index in [4.69, 9.17) is 0 Å². The lowest BCUT2D eigenvalue weighted by Gasteiger charge is -2.14. The van der Waals surface area contributed by atoms with Gasteiger partial charge in [0.1, 0.15) is 0 Å². The molecule has 0 saturated heterocycles. The van der Waals surface area contributed by atoms with Gasteiger partial charge < -0.3 is 10.4 Å². The number of nitrogens with one attached hydrogen (secondary N) is 1. The van der Waals surface area contributed by atoms with E-state index in [1.165, 1.54) is 0 Å². The van der Waals surface area contributed by atoms with E-state index in [1.807, 2.05) is 6.92 Å². The monoisotopic (exact) mass is 199 g/mol. The Bertz CT molecular complexity index is 190. The van der Waals surface area contributed by atoms with Crippen molar-refractivity contribution in [2.45, 2.75) is 45.6 Å². The van der Waals surface area contributed by atoms with E-state index in [9.17, 15) is 9.90 Å². The van der Waals surface area contributed by atoms with Crippen molar-refractivity contribution in [3.63, 3.8) is 0 Å². The summed E-state index contributed by atoms with van der Waals surface area (Å²) in [7, 11) is 0. The van der Waals surface area contributed by atoms with Crippen LogP contribution in [0.1, 0.15) is 39.5 Å². The van der Waals surface area contributed by atoms with Gasteiger partial charge in [0.15, 0.2) is 0 Å². The molecule has 0 spiro atoms. The van der Waals surface area contributed by atoms with Crippen LogP contribution in [0.4, 0.5) is 0 Å². The van der Waals surface area contributed by atoms with Crippen molar-refractivity contribution < 1.29 is 9.90 Å². The summed E-state index contributed by atoms with van der Waals surface area (Å²) in [5, 5.41) is 12.3. The van der Waals surface area contributed by atoms with E-state index < -0.39 is 0 Å². The fourth-order valence-corrected chi connectivity index (χ4v) is 1.59. The number of aliphatic hydroxyl groups is 1. The van der Waals surface area contributed by atoms with Crippen LogP contribution in [0.5, 0.6) is 0 Å². The minimum atomic E-state index is -0.326. The Morgan fingerprint density at radius 1 is 1.57 bits per heavy atom. The van der Waals surface area contributed by atoms with Crippen molar-refractivity contribution >= 4 is 5.91 Å². The molecule has 2 unspecified atom stereocenters. The Labute approximate surface area is 85.9 Å².